The number of anilines is 1. The van der Waals surface area contributed by atoms with Crippen LogP contribution in [0.4, 0.5) is 5.69 Å². The van der Waals surface area contributed by atoms with Crippen LogP contribution in [0.5, 0.6) is 5.75 Å². The van der Waals surface area contributed by atoms with Gasteiger partial charge in [-0.2, -0.15) is 0 Å². The Bertz CT molecular complexity index is 820. The Hall–Kier alpha value is -2.53. The molecule has 0 unspecified atom stereocenters. The summed E-state index contributed by atoms with van der Waals surface area (Å²) in [6, 6.07) is 14.1. The third-order valence-corrected chi connectivity index (χ3v) is 4.84. The molecule has 0 aromatic heterocycles. The molecule has 2 aromatic rings. The number of carbonyl (C=O) groups excluding carboxylic acids is 2. The van der Waals surface area contributed by atoms with E-state index < -0.39 is 6.04 Å². The number of hydrogen-bond donors (Lipinski definition) is 1. The summed E-state index contributed by atoms with van der Waals surface area (Å²) < 4.78 is 5.47. The monoisotopic (exact) mass is 386 g/mol. The first-order valence-electron chi connectivity index (χ1n) is 9.02. The van der Waals surface area contributed by atoms with Crippen molar-refractivity contribution in [1.82, 2.24) is 5.32 Å². The number of rotatable bonds is 6. The molecule has 1 aliphatic rings. The second kappa shape index (κ2) is 8.44. The Balaban J connectivity index is 1.62. The van der Waals surface area contributed by atoms with E-state index in [1.165, 1.54) is 0 Å². The smallest absolute Gasteiger partial charge is 0.258 e. The summed E-state index contributed by atoms with van der Waals surface area (Å²) in [6.45, 7) is 4.32. The fraction of sp³-hybridized carbons (Fsp3) is 0.333. The molecule has 0 fully saturated rings. The first-order valence-corrected chi connectivity index (χ1v) is 9.40. The van der Waals surface area contributed by atoms with Gasteiger partial charge in [0, 0.05) is 17.3 Å². The molecule has 27 heavy (non-hydrogen) atoms. The Kier molecular flexibility index (Phi) is 6.01. The highest BCUT2D eigenvalue weighted by Gasteiger charge is 2.32. The highest BCUT2D eigenvalue weighted by atomic mass is 35.5. The van der Waals surface area contributed by atoms with Gasteiger partial charge in [-0.15, -0.1) is 0 Å². The molecule has 2 amide bonds. The Morgan fingerprint density at radius 3 is 2.56 bits per heavy atom. The summed E-state index contributed by atoms with van der Waals surface area (Å²) in [6.07, 6.45) is 0.834. The number of benzene rings is 2. The van der Waals surface area contributed by atoms with Gasteiger partial charge in [-0.25, -0.2) is 0 Å². The van der Waals surface area contributed by atoms with Crippen LogP contribution in [0.1, 0.15) is 19.4 Å². The lowest BCUT2D eigenvalue weighted by atomic mass is 10.0. The van der Waals surface area contributed by atoms with Crippen LogP contribution in [0.15, 0.2) is 48.5 Å². The minimum Gasteiger partial charge on any atom is -0.484 e. The quantitative estimate of drug-likeness (QED) is 0.827. The van der Waals surface area contributed by atoms with Crippen molar-refractivity contribution in [2.45, 2.75) is 26.3 Å². The highest BCUT2D eigenvalue weighted by Crippen LogP contribution is 2.28. The van der Waals surface area contributed by atoms with E-state index in [0.29, 0.717) is 17.3 Å². The van der Waals surface area contributed by atoms with Gasteiger partial charge in [0.05, 0.1) is 0 Å². The summed E-state index contributed by atoms with van der Waals surface area (Å²) in [7, 11) is 0. The van der Waals surface area contributed by atoms with E-state index in [-0.39, 0.29) is 24.3 Å². The van der Waals surface area contributed by atoms with Crippen LogP contribution in [-0.4, -0.2) is 31.0 Å². The van der Waals surface area contributed by atoms with E-state index in [0.717, 1.165) is 17.7 Å². The zero-order valence-corrected chi connectivity index (χ0v) is 16.2. The average Bonchev–Trinajstić information content (AvgIpc) is 3.09. The molecule has 0 saturated heterocycles. The van der Waals surface area contributed by atoms with Crippen LogP contribution in [-0.2, 0) is 16.0 Å². The average molecular weight is 387 g/mol. The van der Waals surface area contributed by atoms with Gasteiger partial charge in [0.15, 0.2) is 6.61 Å². The van der Waals surface area contributed by atoms with Gasteiger partial charge in [0.1, 0.15) is 11.8 Å². The number of carbonyl (C=O) groups is 2. The summed E-state index contributed by atoms with van der Waals surface area (Å²) >= 11 is 5.83. The number of nitrogens with one attached hydrogen (secondary N) is 1. The molecular formula is C21H23ClN2O3. The van der Waals surface area contributed by atoms with Crippen molar-refractivity contribution in [2.24, 2.45) is 5.92 Å². The molecule has 142 valence electrons. The second-order valence-electron chi connectivity index (χ2n) is 6.90. The number of ether oxygens (including phenoxy) is 1. The fourth-order valence-corrected chi connectivity index (χ4v) is 3.27. The topological polar surface area (TPSA) is 58.6 Å². The number of para-hydroxylation sites is 1. The fourth-order valence-electron chi connectivity index (χ4n) is 3.14. The van der Waals surface area contributed by atoms with Gasteiger partial charge in [0.2, 0.25) is 5.91 Å². The van der Waals surface area contributed by atoms with Crippen molar-refractivity contribution >= 4 is 29.1 Å². The zero-order valence-electron chi connectivity index (χ0n) is 15.4. The van der Waals surface area contributed by atoms with Gasteiger partial charge in [-0.1, -0.05) is 43.6 Å². The number of fused-ring (bicyclic) bond motifs is 1. The van der Waals surface area contributed by atoms with E-state index in [1.807, 2.05) is 38.1 Å². The van der Waals surface area contributed by atoms with Crippen molar-refractivity contribution < 1.29 is 14.3 Å². The van der Waals surface area contributed by atoms with Crippen LogP contribution >= 0.6 is 11.6 Å². The van der Waals surface area contributed by atoms with Crippen LogP contribution < -0.4 is 15.0 Å². The van der Waals surface area contributed by atoms with Gasteiger partial charge in [-0.05, 0) is 48.2 Å². The maximum atomic E-state index is 13.1. The van der Waals surface area contributed by atoms with Crippen LogP contribution in [0.3, 0.4) is 0 Å². The highest BCUT2D eigenvalue weighted by molar-refractivity contribution is 6.30. The molecule has 0 saturated carbocycles. The van der Waals surface area contributed by atoms with Crippen molar-refractivity contribution in [3.8, 4) is 5.75 Å². The first kappa shape index (κ1) is 19.2. The molecule has 1 N–H and O–H groups in total. The van der Waals surface area contributed by atoms with Crippen molar-refractivity contribution in [3.05, 3.63) is 59.1 Å². The summed E-state index contributed by atoms with van der Waals surface area (Å²) in [4.78, 5) is 27.1. The van der Waals surface area contributed by atoms with E-state index in [2.05, 4.69) is 5.32 Å². The molecule has 0 spiro atoms. The molecular weight excluding hydrogens is 364 g/mol. The lowest BCUT2D eigenvalue weighted by molar-refractivity contribution is -0.129. The minimum atomic E-state index is -0.600. The predicted octanol–water partition coefficient (Wildman–Crippen LogP) is 3.45. The SMILES string of the molecule is CC(C)[C@H](NC(=O)COc1ccc(Cl)cc1)C(=O)N1CCc2ccccc21. The molecule has 1 aliphatic heterocycles. The number of hydrogen-bond acceptors (Lipinski definition) is 3. The molecule has 2 aromatic carbocycles. The lowest BCUT2D eigenvalue weighted by Crippen LogP contribution is -2.52. The summed E-state index contributed by atoms with van der Waals surface area (Å²) in [5.74, 6) is 0.0967. The van der Waals surface area contributed by atoms with E-state index in [1.54, 1.807) is 29.2 Å². The molecule has 3 rings (SSSR count). The van der Waals surface area contributed by atoms with Gasteiger partial charge >= 0.3 is 0 Å². The van der Waals surface area contributed by atoms with Crippen molar-refractivity contribution in [1.29, 1.82) is 0 Å². The minimum absolute atomic E-state index is 0.0373. The van der Waals surface area contributed by atoms with Crippen molar-refractivity contribution in [3.63, 3.8) is 0 Å². The van der Waals surface area contributed by atoms with E-state index in [4.69, 9.17) is 16.3 Å². The maximum Gasteiger partial charge on any atom is 0.258 e. The number of halogens is 1. The molecule has 1 heterocycles. The third-order valence-electron chi connectivity index (χ3n) is 4.59. The van der Waals surface area contributed by atoms with Crippen LogP contribution in [0.2, 0.25) is 5.02 Å². The molecule has 6 heteroatoms. The van der Waals surface area contributed by atoms with Crippen LogP contribution in [0, 0.1) is 5.92 Å². The largest absolute Gasteiger partial charge is 0.484 e. The standard InChI is InChI=1S/C21H23ClN2O3/c1-14(2)20(21(26)24-12-11-15-5-3-4-6-18(15)24)23-19(25)13-27-17-9-7-16(22)8-10-17/h3-10,14,20H,11-13H2,1-2H3,(H,23,25)/t20-/m0/s1. The molecule has 0 aliphatic carbocycles. The summed E-state index contributed by atoms with van der Waals surface area (Å²) in [5.41, 5.74) is 2.09. The first-order chi connectivity index (χ1) is 13.0. The number of nitrogens with zero attached hydrogens (tertiary/aromatic N) is 1. The van der Waals surface area contributed by atoms with Crippen molar-refractivity contribution in [2.75, 3.05) is 18.1 Å². The Morgan fingerprint density at radius 2 is 1.85 bits per heavy atom. The van der Waals surface area contributed by atoms with Gasteiger partial charge < -0.3 is 15.0 Å². The molecule has 0 radical (unpaired) electrons. The van der Waals surface area contributed by atoms with Gasteiger partial charge in [-0.3, -0.25) is 9.59 Å². The number of amides is 2. The van der Waals surface area contributed by atoms with Crippen LogP contribution in [0.25, 0.3) is 0 Å². The zero-order chi connectivity index (χ0) is 19.4. The van der Waals surface area contributed by atoms with E-state index >= 15 is 0 Å². The Labute approximate surface area is 164 Å². The summed E-state index contributed by atoms with van der Waals surface area (Å²) in [5, 5.41) is 3.42. The Morgan fingerprint density at radius 1 is 1.15 bits per heavy atom. The second-order valence-corrected chi connectivity index (χ2v) is 7.34. The predicted molar refractivity (Wildman–Crippen MR) is 106 cm³/mol. The van der Waals surface area contributed by atoms with Gasteiger partial charge in [0.25, 0.3) is 5.91 Å². The maximum absolute atomic E-state index is 13.1. The third kappa shape index (κ3) is 4.61. The molecule has 1 atom stereocenters. The normalized spacial score (nSPS) is 14.0. The molecule has 5 nitrogen and oxygen atoms in total. The lowest BCUT2D eigenvalue weighted by Gasteiger charge is -2.27. The molecule has 0 bridgehead atoms. The van der Waals surface area contributed by atoms with E-state index in [9.17, 15) is 9.59 Å².